The van der Waals surface area contributed by atoms with E-state index in [1.165, 1.54) is 135 Å². The van der Waals surface area contributed by atoms with Crippen LogP contribution in [0.5, 0.6) is 0 Å². The molecule has 10 heteroatoms. The lowest BCUT2D eigenvalue weighted by Crippen LogP contribution is -2.59. The molecule has 0 aromatic carbocycles. The number of hydrogen-bond donors (Lipinski definition) is 4. The zero-order valence-electron chi connectivity index (χ0n) is 34.0. The van der Waals surface area contributed by atoms with Gasteiger partial charge >= 0.3 is 11.9 Å². The lowest BCUT2D eigenvalue weighted by atomic mass is 9.99. The molecule has 6 atom stereocenters. The Bertz CT molecular complexity index is 840. The molecule has 0 aromatic heterocycles. The van der Waals surface area contributed by atoms with Gasteiger partial charge in [0.25, 0.3) is 0 Å². The van der Waals surface area contributed by atoms with E-state index in [2.05, 4.69) is 13.8 Å². The average molecular weight is 759 g/mol. The quantitative estimate of drug-likeness (QED) is 0.0357. The van der Waals surface area contributed by atoms with Crippen LogP contribution in [0.2, 0.25) is 0 Å². The minimum Gasteiger partial charge on any atom is -0.462 e. The van der Waals surface area contributed by atoms with Crippen LogP contribution in [0.1, 0.15) is 206 Å². The Labute approximate surface area is 323 Å². The van der Waals surface area contributed by atoms with Gasteiger partial charge < -0.3 is 39.4 Å². The highest BCUT2D eigenvalue weighted by Gasteiger charge is 2.44. The monoisotopic (exact) mass is 759 g/mol. The normalized spacial score (nSPS) is 20.8. The largest absolute Gasteiger partial charge is 0.462 e. The van der Waals surface area contributed by atoms with Crippen molar-refractivity contribution in [3.8, 4) is 0 Å². The number of carbonyl (C=O) groups excluding carboxylic acids is 2. The molecule has 1 heterocycles. The van der Waals surface area contributed by atoms with Gasteiger partial charge in [-0.3, -0.25) is 9.59 Å². The summed E-state index contributed by atoms with van der Waals surface area (Å²) in [7, 11) is 0. The molecule has 0 amide bonds. The van der Waals surface area contributed by atoms with E-state index in [0.29, 0.717) is 6.42 Å². The fourth-order valence-electron chi connectivity index (χ4n) is 6.95. The molecule has 0 bridgehead atoms. The van der Waals surface area contributed by atoms with Crippen molar-refractivity contribution >= 4 is 11.9 Å². The lowest BCUT2D eigenvalue weighted by Gasteiger charge is -2.39. The van der Waals surface area contributed by atoms with Crippen LogP contribution in [-0.4, -0.2) is 89.0 Å². The summed E-state index contributed by atoms with van der Waals surface area (Å²) in [5, 5.41) is 40.0. The van der Waals surface area contributed by atoms with E-state index in [9.17, 15) is 30.0 Å². The number of unbranched alkanes of at least 4 members (excludes halogenated alkanes) is 26. The molecule has 2 unspecified atom stereocenters. The second-order valence-electron chi connectivity index (χ2n) is 15.5. The van der Waals surface area contributed by atoms with Crippen LogP contribution >= 0.6 is 0 Å². The maximum atomic E-state index is 12.7. The predicted octanol–water partition coefficient (Wildman–Crippen LogP) is 9.00. The summed E-state index contributed by atoms with van der Waals surface area (Å²) >= 11 is 0. The molecule has 4 N–H and O–H groups in total. The third-order valence-corrected chi connectivity index (χ3v) is 10.5. The Morgan fingerprint density at radius 1 is 0.509 bits per heavy atom. The van der Waals surface area contributed by atoms with Crippen molar-refractivity contribution in [1.82, 2.24) is 0 Å². The third kappa shape index (κ3) is 27.0. The Balaban J connectivity index is 2.32. The van der Waals surface area contributed by atoms with E-state index in [4.69, 9.17) is 18.9 Å². The van der Waals surface area contributed by atoms with E-state index in [1.807, 2.05) is 0 Å². The zero-order chi connectivity index (χ0) is 38.8. The van der Waals surface area contributed by atoms with Crippen LogP contribution in [0, 0.1) is 0 Å². The smallest absolute Gasteiger partial charge is 0.306 e. The maximum absolute atomic E-state index is 12.7. The second-order valence-corrected chi connectivity index (χ2v) is 15.5. The number of carbonyl (C=O) groups is 2. The summed E-state index contributed by atoms with van der Waals surface area (Å²) in [6, 6.07) is 0. The highest BCUT2D eigenvalue weighted by atomic mass is 16.7. The SMILES string of the molecule is CCCCCCCCCCCCCCCCC(=O)OC[C@@H](CO[C@H]1O[C@@H](CO)[C@@H](O)C(O)C1O)OC(=O)CCCCCCCCCCCCCCCC. The zero-order valence-corrected chi connectivity index (χ0v) is 34.0. The fourth-order valence-corrected chi connectivity index (χ4v) is 6.95. The first-order valence-corrected chi connectivity index (χ1v) is 22.1. The van der Waals surface area contributed by atoms with Gasteiger partial charge in [0.15, 0.2) is 12.4 Å². The van der Waals surface area contributed by atoms with Crippen molar-refractivity contribution < 1.29 is 49.0 Å². The maximum Gasteiger partial charge on any atom is 0.306 e. The number of hydrogen-bond acceptors (Lipinski definition) is 10. The standard InChI is InChI=1S/C43H82O10/c1-3-5-7-9-11-13-15-17-19-21-23-25-27-29-31-38(45)50-34-36(35-51-43-42(49)41(48)40(47)37(33-44)53-43)52-39(46)32-30-28-26-24-22-20-18-16-14-12-10-8-6-4-2/h36-37,40-44,47-49H,3-35H2,1-2H3/t36-,37-,40+,41?,42?,43-/m0/s1. The van der Waals surface area contributed by atoms with Crippen LogP contribution in [0.25, 0.3) is 0 Å². The number of aliphatic hydroxyl groups excluding tert-OH is 4. The molecule has 1 rings (SSSR count). The highest BCUT2D eigenvalue weighted by Crippen LogP contribution is 2.23. The van der Waals surface area contributed by atoms with Crippen LogP contribution < -0.4 is 0 Å². The van der Waals surface area contributed by atoms with Gasteiger partial charge in [-0.05, 0) is 12.8 Å². The number of aliphatic hydroxyl groups is 4. The topological polar surface area (TPSA) is 152 Å². The molecule has 1 aliphatic rings. The molecule has 0 spiro atoms. The summed E-state index contributed by atoms with van der Waals surface area (Å²) in [6.07, 6.45) is 26.8. The van der Waals surface area contributed by atoms with Crippen molar-refractivity contribution in [1.29, 1.82) is 0 Å². The van der Waals surface area contributed by atoms with Gasteiger partial charge in [0.05, 0.1) is 13.2 Å². The number of rotatable bonds is 37. The molecule has 53 heavy (non-hydrogen) atoms. The third-order valence-electron chi connectivity index (χ3n) is 10.5. The molecule has 0 aromatic rings. The van der Waals surface area contributed by atoms with Gasteiger partial charge in [-0.1, -0.05) is 181 Å². The van der Waals surface area contributed by atoms with E-state index < -0.39 is 49.4 Å². The van der Waals surface area contributed by atoms with Crippen molar-refractivity contribution in [2.75, 3.05) is 19.8 Å². The first-order chi connectivity index (χ1) is 25.8. The van der Waals surface area contributed by atoms with Crippen LogP contribution in [0.15, 0.2) is 0 Å². The molecule has 1 saturated heterocycles. The molecule has 314 valence electrons. The minimum atomic E-state index is -1.59. The molecule has 0 radical (unpaired) electrons. The van der Waals surface area contributed by atoms with E-state index in [-0.39, 0.29) is 32.0 Å². The number of ether oxygens (including phenoxy) is 4. The second kappa shape index (κ2) is 35.1. The molecule has 0 saturated carbocycles. The van der Waals surface area contributed by atoms with Gasteiger partial charge in [-0.2, -0.15) is 0 Å². The van der Waals surface area contributed by atoms with E-state index in [0.717, 1.165) is 38.5 Å². The van der Waals surface area contributed by atoms with Crippen molar-refractivity contribution in [2.24, 2.45) is 0 Å². The minimum absolute atomic E-state index is 0.209. The van der Waals surface area contributed by atoms with E-state index >= 15 is 0 Å². The van der Waals surface area contributed by atoms with Crippen molar-refractivity contribution in [3.63, 3.8) is 0 Å². The Morgan fingerprint density at radius 3 is 1.28 bits per heavy atom. The molecule has 1 aliphatic heterocycles. The van der Waals surface area contributed by atoms with Gasteiger partial charge in [0.2, 0.25) is 0 Å². The Hall–Kier alpha value is -1.30. The highest BCUT2D eigenvalue weighted by molar-refractivity contribution is 5.70. The average Bonchev–Trinajstić information content (AvgIpc) is 3.15. The number of esters is 2. The van der Waals surface area contributed by atoms with Gasteiger partial charge in [0, 0.05) is 12.8 Å². The fraction of sp³-hybridized carbons (Fsp3) is 0.953. The molecule has 1 fully saturated rings. The molecular weight excluding hydrogens is 676 g/mol. The first-order valence-electron chi connectivity index (χ1n) is 22.1. The summed E-state index contributed by atoms with van der Waals surface area (Å²) in [6.45, 7) is 3.44. The Kier molecular flexibility index (Phi) is 33.0. The van der Waals surface area contributed by atoms with Gasteiger partial charge in [-0.15, -0.1) is 0 Å². The molecule has 10 nitrogen and oxygen atoms in total. The molecular formula is C43H82O10. The lowest BCUT2D eigenvalue weighted by molar-refractivity contribution is -0.305. The van der Waals surface area contributed by atoms with Gasteiger partial charge in [-0.25, -0.2) is 0 Å². The molecule has 0 aliphatic carbocycles. The summed E-state index contributed by atoms with van der Waals surface area (Å²) in [5.41, 5.74) is 0. The van der Waals surface area contributed by atoms with Crippen molar-refractivity contribution in [2.45, 2.75) is 243 Å². The Morgan fingerprint density at radius 2 is 0.887 bits per heavy atom. The van der Waals surface area contributed by atoms with Crippen LogP contribution in [0.3, 0.4) is 0 Å². The summed E-state index contributed by atoms with van der Waals surface area (Å²) in [5.74, 6) is -0.792. The predicted molar refractivity (Wildman–Crippen MR) is 210 cm³/mol. The van der Waals surface area contributed by atoms with Crippen molar-refractivity contribution in [3.05, 3.63) is 0 Å². The van der Waals surface area contributed by atoms with E-state index in [1.54, 1.807) is 0 Å². The van der Waals surface area contributed by atoms with Crippen LogP contribution in [0.4, 0.5) is 0 Å². The first kappa shape index (κ1) is 49.7. The summed E-state index contributed by atoms with van der Waals surface area (Å²) in [4.78, 5) is 25.3. The van der Waals surface area contributed by atoms with Gasteiger partial charge in [0.1, 0.15) is 31.0 Å². The van der Waals surface area contributed by atoms with Crippen LogP contribution in [-0.2, 0) is 28.5 Å². The summed E-state index contributed by atoms with van der Waals surface area (Å²) < 4.78 is 22.1.